The fourth-order valence-corrected chi connectivity index (χ4v) is 9.28. The molecule has 262 valence electrons. The molecule has 0 N–H and O–H groups in total. The molecule has 3 heterocycles. The molecule has 3 aromatic heterocycles. The van der Waals surface area contributed by atoms with Crippen LogP contribution in [0.15, 0.2) is 194 Å². The van der Waals surface area contributed by atoms with Crippen molar-refractivity contribution in [2.24, 2.45) is 0 Å². The lowest BCUT2D eigenvalue weighted by molar-refractivity contribution is 1.06. The topological polar surface area (TPSA) is 43.6 Å². The van der Waals surface area contributed by atoms with Crippen LogP contribution in [0.2, 0.25) is 0 Å². The van der Waals surface area contributed by atoms with Crippen molar-refractivity contribution in [1.29, 1.82) is 0 Å². The van der Waals surface area contributed by atoms with E-state index in [2.05, 4.69) is 174 Å². The third-order valence-electron chi connectivity index (χ3n) is 10.7. The zero-order valence-electron chi connectivity index (χ0n) is 30.2. The highest BCUT2D eigenvalue weighted by Crippen LogP contribution is 2.42. The molecule has 0 aliphatic rings. The van der Waals surface area contributed by atoms with Crippen LogP contribution in [-0.2, 0) is 0 Å². The Labute approximate surface area is 327 Å². The van der Waals surface area contributed by atoms with Gasteiger partial charge in [0, 0.05) is 47.6 Å². The van der Waals surface area contributed by atoms with Crippen molar-refractivity contribution >= 4 is 53.3 Å². The Morgan fingerprint density at radius 1 is 0.339 bits per heavy atom. The minimum Gasteiger partial charge on any atom is -0.308 e. The molecule has 56 heavy (non-hydrogen) atoms. The maximum atomic E-state index is 5.25. The second-order valence-corrected chi connectivity index (χ2v) is 15.1. The van der Waals surface area contributed by atoms with E-state index in [-0.39, 0.29) is 0 Å². The summed E-state index contributed by atoms with van der Waals surface area (Å²) in [6, 6.07) is 68.5. The Morgan fingerprint density at radius 3 is 1.79 bits per heavy atom. The third kappa shape index (κ3) is 5.40. The lowest BCUT2D eigenvalue weighted by atomic mass is 10.0. The fraction of sp³-hybridized carbons (Fsp3) is 0. The standard InChI is InChI=1S/C51H32N4S/c1-3-15-33(16-4-1)35-19-13-20-37(31-35)50-52-49(34-17-5-2-6-18-34)53-51(54-50)43-23-8-11-27-45(43)55-44-26-10-7-21-39(44)40-30-29-36(32-46(40)55)38-24-14-25-42-41-22-9-12-28-47(41)56-48(38)42/h1-32H. The van der Waals surface area contributed by atoms with Crippen LogP contribution in [0.3, 0.4) is 0 Å². The van der Waals surface area contributed by atoms with Gasteiger partial charge in [0.1, 0.15) is 0 Å². The summed E-state index contributed by atoms with van der Waals surface area (Å²) >= 11 is 1.86. The predicted octanol–water partition coefficient (Wildman–Crippen LogP) is 13.7. The first-order chi connectivity index (χ1) is 27.8. The predicted molar refractivity (Wildman–Crippen MR) is 234 cm³/mol. The largest absolute Gasteiger partial charge is 0.308 e. The summed E-state index contributed by atoms with van der Waals surface area (Å²) in [5.41, 5.74) is 10.7. The number of thiophene rings is 1. The highest BCUT2D eigenvalue weighted by atomic mass is 32.1. The molecule has 5 heteroatoms. The molecule has 11 aromatic rings. The highest BCUT2D eigenvalue weighted by molar-refractivity contribution is 7.26. The van der Waals surface area contributed by atoms with E-state index in [9.17, 15) is 0 Å². The number of rotatable bonds is 6. The van der Waals surface area contributed by atoms with Gasteiger partial charge in [-0.25, -0.2) is 15.0 Å². The molecule has 4 nitrogen and oxygen atoms in total. The fourth-order valence-electron chi connectivity index (χ4n) is 8.04. The Kier molecular flexibility index (Phi) is 7.64. The summed E-state index contributed by atoms with van der Waals surface area (Å²) < 4.78 is 4.99. The van der Waals surface area contributed by atoms with E-state index in [0.717, 1.165) is 44.5 Å². The molecule has 0 radical (unpaired) electrons. The van der Waals surface area contributed by atoms with Gasteiger partial charge in [-0.15, -0.1) is 11.3 Å². The molecule has 0 atom stereocenters. The first kappa shape index (κ1) is 32.2. The minimum atomic E-state index is 0.617. The molecule has 0 bridgehead atoms. The zero-order chi connectivity index (χ0) is 37.0. The van der Waals surface area contributed by atoms with Crippen molar-refractivity contribution in [2.45, 2.75) is 0 Å². The number of nitrogens with zero attached hydrogens (tertiary/aromatic N) is 4. The molecule has 0 saturated carbocycles. The maximum Gasteiger partial charge on any atom is 0.166 e. The van der Waals surface area contributed by atoms with E-state index in [0.29, 0.717) is 17.5 Å². The molecule has 0 aliphatic heterocycles. The van der Waals surface area contributed by atoms with Gasteiger partial charge < -0.3 is 4.57 Å². The SMILES string of the molecule is c1ccc(-c2cccc(-c3nc(-c4ccccc4)nc(-c4ccccc4-n4c5ccccc5c5ccc(-c6cccc7c6sc6ccccc67)cc54)n3)c2)cc1. The van der Waals surface area contributed by atoms with Gasteiger partial charge in [0.05, 0.1) is 16.7 Å². The second-order valence-electron chi connectivity index (χ2n) is 14.0. The van der Waals surface area contributed by atoms with E-state index < -0.39 is 0 Å². The molecule has 0 fully saturated rings. The summed E-state index contributed by atoms with van der Waals surface area (Å²) in [5.74, 6) is 1.88. The second kappa shape index (κ2) is 13.3. The third-order valence-corrected chi connectivity index (χ3v) is 11.9. The number of para-hydroxylation sites is 2. The summed E-state index contributed by atoms with van der Waals surface area (Å²) in [5, 5.41) is 4.99. The Bertz CT molecular complexity index is 3250. The first-order valence-electron chi connectivity index (χ1n) is 18.8. The van der Waals surface area contributed by atoms with Crippen LogP contribution in [-0.4, -0.2) is 19.5 Å². The Morgan fingerprint density at radius 2 is 0.929 bits per heavy atom. The van der Waals surface area contributed by atoms with Gasteiger partial charge in [0.15, 0.2) is 17.5 Å². The number of fused-ring (bicyclic) bond motifs is 6. The Balaban J connectivity index is 1.13. The number of hydrogen-bond donors (Lipinski definition) is 0. The summed E-state index contributed by atoms with van der Waals surface area (Å²) in [7, 11) is 0. The van der Waals surface area contributed by atoms with E-state index in [1.165, 1.54) is 42.1 Å². The van der Waals surface area contributed by atoms with Crippen LogP contribution in [0.25, 0.3) is 104 Å². The van der Waals surface area contributed by atoms with Gasteiger partial charge in [0.2, 0.25) is 0 Å². The number of benzene rings is 8. The van der Waals surface area contributed by atoms with Crippen molar-refractivity contribution in [3.05, 3.63) is 194 Å². The Hall–Kier alpha value is -7.21. The lowest BCUT2D eigenvalue weighted by Gasteiger charge is -2.15. The van der Waals surface area contributed by atoms with Gasteiger partial charge in [-0.1, -0.05) is 158 Å². The van der Waals surface area contributed by atoms with Crippen LogP contribution in [0.4, 0.5) is 0 Å². The highest BCUT2D eigenvalue weighted by Gasteiger charge is 2.20. The van der Waals surface area contributed by atoms with Crippen molar-refractivity contribution in [2.75, 3.05) is 0 Å². The molecule has 8 aromatic carbocycles. The number of hydrogen-bond acceptors (Lipinski definition) is 4. The van der Waals surface area contributed by atoms with Crippen LogP contribution >= 0.6 is 11.3 Å². The summed E-state index contributed by atoms with van der Waals surface area (Å²) in [6.07, 6.45) is 0. The molecule has 0 amide bonds. The van der Waals surface area contributed by atoms with Crippen LogP contribution in [0.1, 0.15) is 0 Å². The van der Waals surface area contributed by atoms with Gasteiger partial charge in [-0.3, -0.25) is 0 Å². The lowest BCUT2D eigenvalue weighted by Crippen LogP contribution is -2.03. The molecular formula is C51H32N4S. The molecule has 11 rings (SSSR count). The summed E-state index contributed by atoms with van der Waals surface area (Å²) in [6.45, 7) is 0. The van der Waals surface area contributed by atoms with Crippen molar-refractivity contribution in [3.63, 3.8) is 0 Å². The maximum absolute atomic E-state index is 5.25. The molecule has 0 unspecified atom stereocenters. The van der Waals surface area contributed by atoms with E-state index in [1.54, 1.807) is 0 Å². The van der Waals surface area contributed by atoms with Gasteiger partial charge in [-0.05, 0) is 58.7 Å². The van der Waals surface area contributed by atoms with Gasteiger partial charge in [-0.2, -0.15) is 0 Å². The zero-order valence-corrected chi connectivity index (χ0v) is 31.0. The minimum absolute atomic E-state index is 0.617. The number of aromatic nitrogens is 4. The molecule has 0 aliphatic carbocycles. The molecule has 0 saturated heterocycles. The monoisotopic (exact) mass is 732 g/mol. The van der Waals surface area contributed by atoms with E-state index >= 15 is 0 Å². The van der Waals surface area contributed by atoms with Crippen molar-refractivity contribution in [1.82, 2.24) is 19.5 Å². The normalized spacial score (nSPS) is 11.6. The van der Waals surface area contributed by atoms with E-state index in [1.807, 2.05) is 35.6 Å². The molecule has 0 spiro atoms. The van der Waals surface area contributed by atoms with Crippen LogP contribution in [0, 0.1) is 0 Å². The van der Waals surface area contributed by atoms with Gasteiger partial charge >= 0.3 is 0 Å². The first-order valence-corrected chi connectivity index (χ1v) is 19.6. The van der Waals surface area contributed by atoms with Crippen molar-refractivity contribution < 1.29 is 0 Å². The molecular weight excluding hydrogens is 701 g/mol. The van der Waals surface area contributed by atoms with Crippen molar-refractivity contribution in [3.8, 4) is 62.1 Å². The van der Waals surface area contributed by atoms with Crippen LogP contribution in [0.5, 0.6) is 0 Å². The van der Waals surface area contributed by atoms with Crippen LogP contribution < -0.4 is 0 Å². The van der Waals surface area contributed by atoms with Gasteiger partial charge in [0.25, 0.3) is 0 Å². The smallest absolute Gasteiger partial charge is 0.166 e. The van der Waals surface area contributed by atoms with E-state index in [4.69, 9.17) is 15.0 Å². The average molecular weight is 733 g/mol. The summed E-state index contributed by atoms with van der Waals surface area (Å²) in [4.78, 5) is 15.5. The average Bonchev–Trinajstić information content (AvgIpc) is 3.82. The quantitative estimate of drug-likeness (QED) is 0.171.